The van der Waals surface area contributed by atoms with Crippen LogP contribution in [0.4, 0.5) is 4.79 Å². The Bertz CT molecular complexity index is 946. The van der Waals surface area contributed by atoms with E-state index in [0.717, 1.165) is 16.6 Å². The summed E-state index contributed by atoms with van der Waals surface area (Å²) in [5.74, 6) is -0.136. The summed E-state index contributed by atoms with van der Waals surface area (Å²) >= 11 is 0. The van der Waals surface area contributed by atoms with Crippen molar-refractivity contribution in [1.29, 1.82) is 0 Å². The SMILES string of the molecule is CN(Cc1ccc2ccccc2n1)C(=O)N[C@H]1C[C@H]2C(=O)N(C)CC(=O)N2C1. The number of pyridine rings is 1. The van der Waals surface area contributed by atoms with Gasteiger partial charge in [0.15, 0.2) is 0 Å². The molecular formula is C20H23N5O3. The zero-order valence-electron chi connectivity index (χ0n) is 16.0. The lowest BCUT2D eigenvalue weighted by atomic mass is 10.1. The van der Waals surface area contributed by atoms with Gasteiger partial charge in [-0.05, 0) is 18.6 Å². The third-order valence-corrected chi connectivity index (χ3v) is 5.38. The number of benzene rings is 1. The Kier molecular flexibility index (Phi) is 4.62. The second kappa shape index (κ2) is 7.10. The fraction of sp³-hybridized carbons (Fsp3) is 0.400. The minimum Gasteiger partial charge on any atom is -0.335 e. The molecule has 0 spiro atoms. The molecule has 1 aromatic heterocycles. The van der Waals surface area contributed by atoms with E-state index in [1.165, 1.54) is 4.90 Å². The minimum absolute atomic E-state index is 0.0648. The molecule has 8 heteroatoms. The standard InChI is InChI=1S/C20H23N5O3/c1-23-12-18(26)25-11-15(9-17(25)19(23)27)22-20(28)24(2)10-14-8-7-13-5-3-4-6-16(13)21-14/h3-8,15,17H,9-12H2,1-2H3,(H,22,28)/t15-,17-/m0/s1. The lowest BCUT2D eigenvalue weighted by molar-refractivity contribution is -0.152. The van der Waals surface area contributed by atoms with Crippen LogP contribution in [-0.4, -0.2) is 76.8 Å². The largest absolute Gasteiger partial charge is 0.335 e. The van der Waals surface area contributed by atoms with Crippen molar-refractivity contribution in [3.63, 3.8) is 0 Å². The number of hydrogen-bond donors (Lipinski definition) is 1. The topological polar surface area (TPSA) is 85.9 Å². The molecule has 4 amide bonds. The maximum absolute atomic E-state index is 12.6. The van der Waals surface area contributed by atoms with Crippen LogP contribution in [0.3, 0.4) is 0 Å². The molecule has 28 heavy (non-hydrogen) atoms. The molecule has 2 saturated heterocycles. The number of piperazine rings is 1. The van der Waals surface area contributed by atoms with Gasteiger partial charge in [0.25, 0.3) is 0 Å². The highest BCUT2D eigenvalue weighted by Gasteiger charge is 2.45. The predicted molar refractivity (Wildman–Crippen MR) is 103 cm³/mol. The van der Waals surface area contributed by atoms with Crippen LogP contribution in [0.15, 0.2) is 36.4 Å². The smallest absolute Gasteiger partial charge is 0.317 e. The Morgan fingerprint density at radius 1 is 1.25 bits per heavy atom. The van der Waals surface area contributed by atoms with Crippen molar-refractivity contribution in [2.75, 3.05) is 27.2 Å². The Hall–Kier alpha value is -3.16. The minimum atomic E-state index is -0.469. The summed E-state index contributed by atoms with van der Waals surface area (Å²) in [7, 11) is 3.34. The Morgan fingerprint density at radius 3 is 2.86 bits per heavy atom. The number of amides is 4. The van der Waals surface area contributed by atoms with E-state index in [1.54, 1.807) is 23.9 Å². The Morgan fingerprint density at radius 2 is 2.04 bits per heavy atom. The van der Waals surface area contributed by atoms with E-state index >= 15 is 0 Å². The molecule has 8 nitrogen and oxygen atoms in total. The van der Waals surface area contributed by atoms with Crippen LogP contribution < -0.4 is 5.32 Å². The first kappa shape index (κ1) is 18.2. The maximum atomic E-state index is 12.6. The summed E-state index contributed by atoms with van der Waals surface area (Å²) < 4.78 is 0. The van der Waals surface area contributed by atoms with E-state index in [0.29, 0.717) is 19.5 Å². The van der Waals surface area contributed by atoms with Crippen molar-refractivity contribution in [3.05, 3.63) is 42.1 Å². The molecule has 0 unspecified atom stereocenters. The summed E-state index contributed by atoms with van der Waals surface area (Å²) in [6.45, 7) is 0.845. The number of nitrogens with one attached hydrogen (secondary N) is 1. The van der Waals surface area contributed by atoms with Crippen molar-refractivity contribution in [3.8, 4) is 0 Å². The number of nitrogens with zero attached hydrogens (tertiary/aromatic N) is 4. The van der Waals surface area contributed by atoms with E-state index in [1.807, 2.05) is 36.4 Å². The first-order valence-electron chi connectivity index (χ1n) is 9.33. The number of para-hydroxylation sites is 1. The average Bonchev–Trinajstić information content (AvgIpc) is 3.10. The van der Waals surface area contributed by atoms with Crippen molar-refractivity contribution >= 4 is 28.7 Å². The number of carbonyl (C=O) groups excluding carboxylic acids is 3. The molecule has 0 saturated carbocycles. The van der Waals surface area contributed by atoms with Crippen LogP contribution in [0, 0.1) is 0 Å². The molecule has 0 bridgehead atoms. The molecule has 3 heterocycles. The normalized spacial score (nSPS) is 21.8. The van der Waals surface area contributed by atoms with Gasteiger partial charge in [-0.25, -0.2) is 4.79 Å². The van der Waals surface area contributed by atoms with Gasteiger partial charge >= 0.3 is 6.03 Å². The molecule has 2 aliphatic rings. The molecular weight excluding hydrogens is 358 g/mol. The zero-order valence-corrected chi connectivity index (χ0v) is 16.0. The molecule has 2 aromatic rings. The lowest BCUT2D eigenvalue weighted by Gasteiger charge is -2.33. The van der Waals surface area contributed by atoms with Gasteiger partial charge < -0.3 is 20.0 Å². The quantitative estimate of drug-likeness (QED) is 0.853. The van der Waals surface area contributed by atoms with Crippen molar-refractivity contribution in [2.24, 2.45) is 0 Å². The lowest BCUT2D eigenvalue weighted by Crippen LogP contribution is -2.55. The first-order valence-corrected chi connectivity index (χ1v) is 9.33. The van der Waals surface area contributed by atoms with Gasteiger partial charge in [0, 0.05) is 26.0 Å². The van der Waals surface area contributed by atoms with Crippen molar-refractivity contribution in [1.82, 2.24) is 25.0 Å². The highest BCUT2D eigenvalue weighted by Crippen LogP contribution is 2.23. The van der Waals surface area contributed by atoms with Crippen LogP contribution in [0.25, 0.3) is 10.9 Å². The fourth-order valence-electron chi connectivity index (χ4n) is 3.87. The number of rotatable bonds is 3. The Balaban J connectivity index is 1.38. The average molecular weight is 381 g/mol. The zero-order chi connectivity index (χ0) is 19.8. The molecule has 2 atom stereocenters. The molecule has 2 fully saturated rings. The van der Waals surface area contributed by atoms with E-state index in [-0.39, 0.29) is 30.4 Å². The number of aromatic nitrogens is 1. The summed E-state index contributed by atoms with van der Waals surface area (Å²) in [4.78, 5) is 46.2. The molecule has 1 N–H and O–H groups in total. The monoisotopic (exact) mass is 381 g/mol. The number of carbonyl (C=O) groups is 3. The number of urea groups is 1. The molecule has 2 aliphatic heterocycles. The van der Waals surface area contributed by atoms with Gasteiger partial charge in [-0.2, -0.15) is 0 Å². The maximum Gasteiger partial charge on any atom is 0.317 e. The second-order valence-electron chi connectivity index (χ2n) is 7.49. The molecule has 4 rings (SSSR count). The first-order chi connectivity index (χ1) is 13.4. The molecule has 146 valence electrons. The summed E-state index contributed by atoms with van der Waals surface area (Å²) in [5, 5.41) is 4.00. The van der Waals surface area contributed by atoms with Crippen LogP contribution in [0.1, 0.15) is 12.1 Å². The summed E-state index contributed by atoms with van der Waals surface area (Å²) in [6.07, 6.45) is 0.447. The van der Waals surface area contributed by atoms with E-state index in [9.17, 15) is 14.4 Å². The van der Waals surface area contributed by atoms with E-state index in [4.69, 9.17) is 0 Å². The third kappa shape index (κ3) is 3.37. The Labute approximate surface area is 163 Å². The van der Waals surface area contributed by atoms with Crippen molar-refractivity contribution < 1.29 is 14.4 Å². The van der Waals surface area contributed by atoms with Gasteiger partial charge in [-0.3, -0.25) is 14.6 Å². The van der Waals surface area contributed by atoms with Crippen LogP contribution >= 0.6 is 0 Å². The third-order valence-electron chi connectivity index (χ3n) is 5.38. The molecule has 0 radical (unpaired) electrons. The number of likely N-dealkylation sites (N-methyl/N-ethyl adjacent to an activating group) is 1. The van der Waals surface area contributed by atoms with Gasteiger partial charge in [-0.15, -0.1) is 0 Å². The summed E-state index contributed by atoms with van der Waals surface area (Å²) in [5.41, 5.74) is 1.69. The fourth-order valence-corrected chi connectivity index (χ4v) is 3.87. The molecule has 1 aromatic carbocycles. The van der Waals surface area contributed by atoms with Gasteiger partial charge in [-0.1, -0.05) is 24.3 Å². The van der Waals surface area contributed by atoms with Crippen LogP contribution in [-0.2, 0) is 16.1 Å². The van der Waals surface area contributed by atoms with Gasteiger partial charge in [0.1, 0.15) is 6.04 Å². The van der Waals surface area contributed by atoms with Crippen molar-refractivity contribution in [2.45, 2.75) is 25.0 Å². The van der Waals surface area contributed by atoms with Gasteiger partial charge in [0.2, 0.25) is 11.8 Å². The highest BCUT2D eigenvalue weighted by molar-refractivity contribution is 5.95. The van der Waals surface area contributed by atoms with Gasteiger partial charge in [0.05, 0.1) is 30.3 Å². The van der Waals surface area contributed by atoms with Crippen LogP contribution in [0.5, 0.6) is 0 Å². The predicted octanol–water partition coefficient (Wildman–Crippen LogP) is 0.818. The second-order valence-corrected chi connectivity index (χ2v) is 7.49. The molecule has 0 aliphatic carbocycles. The van der Waals surface area contributed by atoms with E-state index < -0.39 is 6.04 Å². The van der Waals surface area contributed by atoms with Crippen LogP contribution in [0.2, 0.25) is 0 Å². The highest BCUT2D eigenvalue weighted by atomic mass is 16.2. The summed E-state index contributed by atoms with van der Waals surface area (Å²) in [6, 6.07) is 10.8. The number of fused-ring (bicyclic) bond motifs is 2. The van der Waals surface area contributed by atoms with E-state index in [2.05, 4.69) is 10.3 Å². The number of hydrogen-bond acceptors (Lipinski definition) is 4.